The van der Waals surface area contributed by atoms with E-state index in [1.807, 2.05) is 0 Å². The molecule has 1 atom stereocenters. The summed E-state index contributed by atoms with van der Waals surface area (Å²) >= 11 is 2.30. The van der Waals surface area contributed by atoms with Crippen LogP contribution in [0.3, 0.4) is 0 Å². The molecule has 0 aliphatic carbocycles. The molecule has 0 bridgehead atoms. The van der Waals surface area contributed by atoms with Crippen molar-refractivity contribution in [1.82, 2.24) is 0 Å². The molecular formula is C11H21LiO4. The zero-order valence-electron chi connectivity index (χ0n) is 10.5. The molecule has 0 spiro atoms. The first kappa shape index (κ1) is 17.9. The van der Waals surface area contributed by atoms with Gasteiger partial charge in [-0.2, -0.15) is 0 Å². The molecule has 0 aromatic carbocycles. The van der Waals surface area contributed by atoms with Crippen molar-refractivity contribution in [2.24, 2.45) is 0 Å². The average molecular weight is 224 g/mol. The Morgan fingerprint density at radius 1 is 1.12 bits per heavy atom. The van der Waals surface area contributed by atoms with Gasteiger partial charge in [0.1, 0.15) is 6.42 Å². The number of carboxylic acids is 2. The van der Waals surface area contributed by atoms with E-state index < -0.39 is 18.4 Å². The molecule has 0 aliphatic rings. The molecule has 0 rings (SSSR count). The topological polar surface area (TPSA) is 74.6 Å². The van der Waals surface area contributed by atoms with Crippen LogP contribution in [0.5, 0.6) is 0 Å². The van der Waals surface area contributed by atoms with Crippen LogP contribution in [0.25, 0.3) is 0 Å². The molecular weight excluding hydrogens is 203 g/mol. The van der Waals surface area contributed by atoms with Crippen LogP contribution in [0.4, 0.5) is 0 Å². The van der Waals surface area contributed by atoms with Crippen molar-refractivity contribution in [2.75, 3.05) is 0 Å². The van der Waals surface area contributed by atoms with E-state index >= 15 is 0 Å². The second kappa shape index (κ2) is 12.6. The van der Waals surface area contributed by atoms with Crippen molar-refractivity contribution < 1.29 is 19.8 Å². The molecule has 1 unspecified atom stereocenters. The van der Waals surface area contributed by atoms with Crippen LogP contribution in [0.2, 0.25) is 4.59 Å². The standard InChI is InChI=1S/C8H17.C3H4O4.Li/c1-3-5-7-8-6-4-2;4-2(5)1-3(6)7;/h3H,4-8H2,1-2H3;1H2,(H,4,5)(H,6,7);. The van der Waals surface area contributed by atoms with Crippen molar-refractivity contribution in [3.8, 4) is 0 Å². The molecule has 4 nitrogen and oxygen atoms in total. The predicted octanol–water partition coefficient (Wildman–Crippen LogP) is 2.48. The number of unbranched alkanes of at least 4 members (excludes halogenated alkanes) is 3. The van der Waals surface area contributed by atoms with E-state index in [-0.39, 0.29) is 0 Å². The van der Waals surface area contributed by atoms with Crippen molar-refractivity contribution in [3.05, 3.63) is 0 Å². The van der Waals surface area contributed by atoms with Gasteiger partial charge in [-0.25, -0.2) is 0 Å². The third-order valence-corrected chi connectivity index (χ3v) is 1.94. The molecule has 0 amide bonds. The summed E-state index contributed by atoms with van der Waals surface area (Å²) in [6, 6.07) is 0. The fraction of sp³-hybridized carbons (Fsp3) is 0.818. The molecule has 0 saturated heterocycles. The monoisotopic (exact) mass is 224 g/mol. The van der Waals surface area contributed by atoms with Crippen LogP contribution in [-0.2, 0) is 9.59 Å². The van der Waals surface area contributed by atoms with Gasteiger partial charge in [-0.1, -0.05) is 0 Å². The SMILES string of the molecule is O=C(O)CC(=O)O.[Li][CH](C)CCCCCC. The van der Waals surface area contributed by atoms with E-state index in [4.69, 9.17) is 10.2 Å². The summed E-state index contributed by atoms with van der Waals surface area (Å²) < 4.78 is 0.904. The Kier molecular flexibility index (Phi) is 14.1. The second-order valence-corrected chi connectivity index (χ2v) is 4.21. The maximum absolute atomic E-state index is 9.43. The van der Waals surface area contributed by atoms with Gasteiger partial charge in [0.15, 0.2) is 0 Å². The van der Waals surface area contributed by atoms with E-state index in [2.05, 4.69) is 31.6 Å². The van der Waals surface area contributed by atoms with Gasteiger partial charge >= 0.3 is 80.2 Å². The predicted molar refractivity (Wildman–Crippen MR) is 63.8 cm³/mol. The molecule has 0 aromatic rings. The molecule has 90 valence electrons. The Bertz CT molecular complexity index is 180. The number of hydrogen-bond acceptors (Lipinski definition) is 2. The summed E-state index contributed by atoms with van der Waals surface area (Å²) in [5, 5.41) is 15.4. The molecule has 16 heavy (non-hydrogen) atoms. The van der Waals surface area contributed by atoms with Crippen LogP contribution < -0.4 is 0 Å². The van der Waals surface area contributed by atoms with Gasteiger partial charge < -0.3 is 10.2 Å². The Labute approximate surface area is 107 Å². The second-order valence-electron chi connectivity index (χ2n) is 4.21. The number of rotatable bonds is 7. The Morgan fingerprint density at radius 2 is 1.62 bits per heavy atom. The summed E-state index contributed by atoms with van der Waals surface area (Å²) in [6.07, 6.45) is 6.27. The Hall–Kier alpha value is -0.463. The number of aliphatic carboxylic acids is 2. The van der Waals surface area contributed by atoms with Gasteiger partial charge in [0, 0.05) is 0 Å². The first-order valence-electron chi connectivity index (χ1n) is 5.83. The van der Waals surface area contributed by atoms with Gasteiger partial charge in [0.2, 0.25) is 0 Å². The zero-order valence-corrected chi connectivity index (χ0v) is 10.5. The van der Waals surface area contributed by atoms with Crippen LogP contribution in [0.15, 0.2) is 0 Å². The first-order chi connectivity index (χ1) is 7.40. The van der Waals surface area contributed by atoms with Crippen molar-refractivity contribution in [2.45, 2.75) is 57.0 Å². The van der Waals surface area contributed by atoms with Crippen LogP contribution in [0, 0.1) is 0 Å². The number of carboxylic acid groups (broad SMARTS) is 2. The molecule has 0 fully saturated rings. The minimum absolute atomic E-state index is 0.806. The summed E-state index contributed by atoms with van der Waals surface area (Å²) in [4.78, 5) is 18.9. The molecule has 2 N–H and O–H groups in total. The normalized spacial score (nSPS) is 11.2. The zero-order chi connectivity index (χ0) is 13.0. The summed E-state index contributed by atoms with van der Waals surface area (Å²) in [6.45, 7) is 4.56. The summed E-state index contributed by atoms with van der Waals surface area (Å²) in [5.41, 5.74) is 0. The number of hydrogen-bond donors (Lipinski definition) is 2. The minimum atomic E-state index is -1.31. The fourth-order valence-electron chi connectivity index (χ4n) is 1.11. The van der Waals surface area contributed by atoms with Crippen LogP contribution in [0.1, 0.15) is 52.4 Å². The molecule has 0 radical (unpaired) electrons. The first-order valence-corrected chi connectivity index (χ1v) is 5.83. The third-order valence-electron chi connectivity index (χ3n) is 1.94. The van der Waals surface area contributed by atoms with E-state index in [9.17, 15) is 9.59 Å². The van der Waals surface area contributed by atoms with Crippen LogP contribution >= 0.6 is 0 Å². The summed E-state index contributed by atoms with van der Waals surface area (Å²) in [7, 11) is 0. The maximum atomic E-state index is 9.43. The molecule has 0 aromatic heterocycles. The van der Waals surface area contributed by atoms with Gasteiger partial charge in [-0.05, 0) is 0 Å². The van der Waals surface area contributed by atoms with Crippen molar-refractivity contribution in [3.63, 3.8) is 0 Å². The van der Waals surface area contributed by atoms with Gasteiger partial charge in [-0.3, -0.25) is 9.59 Å². The summed E-state index contributed by atoms with van der Waals surface area (Å²) in [5.74, 6) is -2.62. The van der Waals surface area contributed by atoms with Gasteiger partial charge in [0.25, 0.3) is 0 Å². The Balaban J connectivity index is 0. The van der Waals surface area contributed by atoms with Gasteiger partial charge in [-0.15, -0.1) is 0 Å². The van der Waals surface area contributed by atoms with Gasteiger partial charge in [0.05, 0.1) is 0 Å². The Morgan fingerprint density at radius 3 is 1.88 bits per heavy atom. The van der Waals surface area contributed by atoms with Crippen LogP contribution in [-0.4, -0.2) is 39.9 Å². The van der Waals surface area contributed by atoms with E-state index in [1.165, 1.54) is 32.1 Å². The van der Waals surface area contributed by atoms with E-state index in [1.54, 1.807) is 0 Å². The molecule has 0 aliphatic heterocycles. The average Bonchev–Trinajstić information content (AvgIpc) is 2.11. The molecule has 0 heterocycles. The number of carbonyl (C=O) groups is 2. The van der Waals surface area contributed by atoms with Crippen molar-refractivity contribution >= 4 is 29.7 Å². The third kappa shape index (κ3) is 23.4. The van der Waals surface area contributed by atoms with E-state index in [0.29, 0.717) is 0 Å². The van der Waals surface area contributed by atoms with Crippen molar-refractivity contribution in [1.29, 1.82) is 0 Å². The molecule has 0 saturated carbocycles. The molecule has 5 heteroatoms. The fourth-order valence-corrected chi connectivity index (χ4v) is 1.11. The quantitative estimate of drug-likeness (QED) is 0.395. The van der Waals surface area contributed by atoms with E-state index in [0.717, 1.165) is 4.59 Å².